The van der Waals surface area contributed by atoms with Crippen molar-refractivity contribution in [1.82, 2.24) is 0 Å². The number of benzene rings is 3. The van der Waals surface area contributed by atoms with Gasteiger partial charge in [-0.05, 0) is 39.0 Å². The maximum atomic E-state index is 13.7. The molecule has 3 aromatic rings. The summed E-state index contributed by atoms with van der Waals surface area (Å²) >= 11 is 3.21. The number of nitrogens with two attached hydrogens (primary N) is 1. The van der Waals surface area contributed by atoms with Crippen molar-refractivity contribution < 1.29 is 9.13 Å². The molecule has 1 atom stereocenters. The number of nitrogens with zero attached hydrogens (tertiary/aromatic N) is 1. The van der Waals surface area contributed by atoms with Crippen molar-refractivity contribution >= 4 is 26.7 Å². The molecule has 5 heteroatoms. The van der Waals surface area contributed by atoms with Gasteiger partial charge in [0, 0.05) is 10.9 Å². The molecule has 0 saturated carbocycles. The second kappa shape index (κ2) is 5.91. The zero-order valence-corrected chi connectivity index (χ0v) is 14.5. The first-order chi connectivity index (χ1) is 12.1. The maximum absolute atomic E-state index is 13.7. The lowest BCUT2D eigenvalue weighted by Crippen LogP contribution is -2.21. The highest BCUT2D eigenvalue weighted by molar-refractivity contribution is 9.10. The van der Waals surface area contributed by atoms with Crippen LogP contribution in [0.2, 0.25) is 0 Å². The Balaban J connectivity index is 2.01. The molecule has 4 rings (SSSR count). The number of ether oxygens (including phenoxy) is 1. The molecule has 1 aliphatic heterocycles. The Morgan fingerprint density at radius 3 is 2.68 bits per heavy atom. The minimum Gasteiger partial charge on any atom is -0.440 e. The van der Waals surface area contributed by atoms with Crippen LogP contribution in [-0.2, 0) is 0 Å². The molecule has 122 valence electrons. The third-order valence-electron chi connectivity index (χ3n) is 4.38. The summed E-state index contributed by atoms with van der Waals surface area (Å²) in [6, 6.07) is 18.6. The summed E-state index contributed by atoms with van der Waals surface area (Å²) in [5.74, 6) is -0.0443. The van der Waals surface area contributed by atoms with Crippen LogP contribution in [0.1, 0.15) is 17.0 Å². The number of halogens is 2. The quantitative estimate of drug-likeness (QED) is 0.634. The Bertz CT molecular complexity index is 1080. The third kappa shape index (κ3) is 2.46. The van der Waals surface area contributed by atoms with E-state index >= 15 is 0 Å². The summed E-state index contributed by atoms with van der Waals surface area (Å²) < 4.78 is 19.8. The number of fused-ring (bicyclic) bond motifs is 3. The van der Waals surface area contributed by atoms with Gasteiger partial charge in [0.2, 0.25) is 5.88 Å². The predicted octanol–water partition coefficient (Wildman–Crippen LogP) is 4.96. The lowest BCUT2D eigenvalue weighted by atomic mass is 9.82. The topological polar surface area (TPSA) is 59.0 Å². The monoisotopic (exact) mass is 394 g/mol. The van der Waals surface area contributed by atoms with E-state index in [-0.39, 0.29) is 11.7 Å². The minimum absolute atomic E-state index is 0.0804. The fourth-order valence-corrected chi connectivity index (χ4v) is 3.62. The second-order valence-electron chi connectivity index (χ2n) is 5.80. The molecule has 0 unspecified atom stereocenters. The molecule has 25 heavy (non-hydrogen) atoms. The molecule has 1 heterocycles. The Kier molecular flexibility index (Phi) is 3.70. The van der Waals surface area contributed by atoms with Gasteiger partial charge in [0.25, 0.3) is 0 Å². The largest absolute Gasteiger partial charge is 0.440 e. The molecule has 0 aromatic heterocycles. The SMILES string of the molecule is N#CC1=C(N)Oc2c(ccc3ccccc23)[C@H]1c1ccc(F)c(Br)c1. The van der Waals surface area contributed by atoms with E-state index < -0.39 is 5.92 Å². The van der Waals surface area contributed by atoms with Gasteiger partial charge in [0.05, 0.1) is 10.4 Å². The zero-order valence-electron chi connectivity index (χ0n) is 13.0. The third-order valence-corrected chi connectivity index (χ3v) is 4.99. The van der Waals surface area contributed by atoms with Gasteiger partial charge in [-0.3, -0.25) is 0 Å². The number of nitriles is 1. The minimum atomic E-state index is -0.407. The average molecular weight is 395 g/mol. The van der Waals surface area contributed by atoms with Gasteiger partial charge < -0.3 is 10.5 Å². The highest BCUT2D eigenvalue weighted by atomic mass is 79.9. The summed E-state index contributed by atoms with van der Waals surface area (Å²) in [4.78, 5) is 0. The summed E-state index contributed by atoms with van der Waals surface area (Å²) in [5, 5.41) is 11.5. The molecule has 3 nitrogen and oxygen atoms in total. The maximum Gasteiger partial charge on any atom is 0.205 e. The van der Waals surface area contributed by atoms with Gasteiger partial charge in [0.15, 0.2) is 0 Å². The molecular weight excluding hydrogens is 383 g/mol. The molecule has 0 amide bonds. The summed E-state index contributed by atoms with van der Waals surface area (Å²) in [5.41, 5.74) is 7.97. The number of hydrogen-bond acceptors (Lipinski definition) is 3. The molecule has 3 aromatic carbocycles. The summed E-state index contributed by atoms with van der Waals surface area (Å²) in [6.07, 6.45) is 0. The van der Waals surface area contributed by atoms with E-state index in [1.807, 2.05) is 36.4 Å². The van der Waals surface area contributed by atoms with Gasteiger partial charge in [-0.2, -0.15) is 5.26 Å². The van der Waals surface area contributed by atoms with Crippen molar-refractivity contribution in [3.8, 4) is 11.8 Å². The van der Waals surface area contributed by atoms with Crippen LogP contribution in [0.3, 0.4) is 0 Å². The molecule has 0 bridgehead atoms. The highest BCUT2D eigenvalue weighted by Gasteiger charge is 2.31. The lowest BCUT2D eigenvalue weighted by Gasteiger charge is -2.27. The van der Waals surface area contributed by atoms with E-state index in [0.717, 1.165) is 21.9 Å². The van der Waals surface area contributed by atoms with Crippen LogP contribution in [-0.4, -0.2) is 0 Å². The predicted molar refractivity (Wildman–Crippen MR) is 97.3 cm³/mol. The van der Waals surface area contributed by atoms with Crippen LogP contribution in [0.15, 0.2) is 70.5 Å². The van der Waals surface area contributed by atoms with Crippen LogP contribution >= 0.6 is 15.9 Å². The molecule has 0 saturated heterocycles. The zero-order chi connectivity index (χ0) is 17.6. The van der Waals surface area contributed by atoms with Gasteiger partial charge in [0.1, 0.15) is 23.2 Å². The molecule has 0 aliphatic carbocycles. The van der Waals surface area contributed by atoms with E-state index in [2.05, 4.69) is 22.0 Å². The number of allylic oxidation sites excluding steroid dienone is 1. The Morgan fingerprint density at radius 1 is 1.12 bits per heavy atom. The first kappa shape index (κ1) is 15.7. The first-order valence-electron chi connectivity index (χ1n) is 7.64. The standard InChI is InChI=1S/C20H12BrFN2O/c21-16-9-12(6-8-17(16)22)18-14-7-5-11-3-1-2-4-13(11)19(14)25-20(24)15(18)10-23/h1-9,18H,24H2/t18-/m1/s1. The number of hydrogen-bond donors (Lipinski definition) is 1. The average Bonchev–Trinajstić information content (AvgIpc) is 2.63. The van der Waals surface area contributed by atoms with Gasteiger partial charge in [-0.25, -0.2) is 4.39 Å². The summed E-state index contributed by atoms with van der Waals surface area (Å²) in [6.45, 7) is 0. The van der Waals surface area contributed by atoms with E-state index in [0.29, 0.717) is 15.8 Å². The fourth-order valence-electron chi connectivity index (χ4n) is 3.22. The lowest BCUT2D eigenvalue weighted by molar-refractivity contribution is 0.398. The molecule has 0 radical (unpaired) electrons. The Hall–Kier alpha value is -2.84. The van der Waals surface area contributed by atoms with Crippen LogP contribution < -0.4 is 10.5 Å². The fraction of sp³-hybridized carbons (Fsp3) is 0.0500. The molecule has 1 aliphatic rings. The Morgan fingerprint density at radius 2 is 1.92 bits per heavy atom. The summed E-state index contributed by atoms with van der Waals surface area (Å²) in [7, 11) is 0. The van der Waals surface area contributed by atoms with Gasteiger partial charge >= 0.3 is 0 Å². The molecule has 0 fully saturated rings. The van der Waals surface area contributed by atoms with E-state index in [9.17, 15) is 9.65 Å². The Labute approximate surface area is 152 Å². The van der Waals surface area contributed by atoms with Gasteiger partial charge in [-0.15, -0.1) is 0 Å². The van der Waals surface area contributed by atoms with Crippen LogP contribution in [0.5, 0.6) is 5.75 Å². The van der Waals surface area contributed by atoms with Gasteiger partial charge in [-0.1, -0.05) is 42.5 Å². The van der Waals surface area contributed by atoms with Crippen LogP contribution in [0.4, 0.5) is 4.39 Å². The van der Waals surface area contributed by atoms with Crippen LogP contribution in [0, 0.1) is 17.1 Å². The van der Waals surface area contributed by atoms with E-state index in [4.69, 9.17) is 10.5 Å². The van der Waals surface area contributed by atoms with Crippen molar-refractivity contribution in [3.05, 3.63) is 87.5 Å². The smallest absolute Gasteiger partial charge is 0.205 e. The van der Waals surface area contributed by atoms with E-state index in [1.54, 1.807) is 12.1 Å². The van der Waals surface area contributed by atoms with Crippen molar-refractivity contribution in [2.75, 3.05) is 0 Å². The van der Waals surface area contributed by atoms with Crippen molar-refractivity contribution in [2.24, 2.45) is 5.73 Å². The highest BCUT2D eigenvalue weighted by Crippen LogP contribution is 2.45. The van der Waals surface area contributed by atoms with Crippen molar-refractivity contribution in [3.63, 3.8) is 0 Å². The normalized spacial score (nSPS) is 16.3. The number of rotatable bonds is 1. The van der Waals surface area contributed by atoms with Crippen molar-refractivity contribution in [1.29, 1.82) is 5.26 Å². The van der Waals surface area contributed by atoms with Crippen molar-refractivity contribution in [2.45, 2.75) is 5.92 Å². The van der Waals surface area contributed by atoms with E-state index in [1.165, 1.54) is 6.07 Å². The second-order valence-corrected chi connectivity index (χ2v) is 6.66. The first-order valence-corrected chi connectivity index (χ1v) is 8.43. The molecule has 0 spiro atoms. The van der Waals surface area contributed by atoms with Crippen LogP contribution in [0.25, 0.3) is 10.8 Å². The molecular formula is C20H12BrFN2O. The molecule has 2 N–H and O–H groups in total.